The van der Waals surface area contributed by atoms with Gasteiger partial charge in [-0.05, 0) is 38.3 Å². The average Bonchev–Trinajstić information content (AvgIpc) is 2.11. The molecule has 0 aliphatic heterocycles. The maximum absolute atomic E-state index is 11.2. The zero-order valence-corrected chi connectivity index (χ0v) is 9.32. The van der Waals surface area contributed by atoms with Crippen LogP contribution in [-0.4, -0.2) is 30.5 Å². The van der Waals surface area contributed by atoms with E-state index in [-0.39, 0.29) is 11.9 Å². The minimum absolute atomic E-state index is 0.124. The fraction of sp³-hybridized carbons (Fsp3) is 0.889. The number of nitrogens with one attached hydrogen (secondary N) is 1. The van der Waals surface area contributed by atoms with Crippen LogP contribution in [0.4, 0.5) is 0 Å². The molecule has 0 aromatic heterocycles. The zero-order chi connectivity index (χ0) is 10.1. The Balaban J connectivity index is 3.41. The van der Waals surface area contributed by atoms with Crippen LogP contribution in [0.1, 0.15) is 26.2 Å². The lowest BCUT2D eigenvalue weighted by molar-refractivity contribution is -0.121. The van der Waals surface area contributed by atoms with Gasteiger partial charge >= 0.3 is 0 Å². The zero-order valence-electron chi connectivity index (χ0n) is 8.51. The van der Waals surface area contributed by atoms with Gasteiger partial charge < -0.3 is 11.1 Å². The van der Waals surface area contributed by atoms with E-state index in [1.165, 1.54) is 0 Å². The fourth-order valence-electron chi connectivity index (χ4n) is 0.976. The molecular formula is C9H20N2OS. The largest absolute Gasteiger partial charge is 0.354 e. The summed E-state index contributed by atoms with van der Waals surface area (Å²) < 4.78 is 0. The normalized spacial score (nSPS) is 12.5. The van der Waals surface area contributed by atoms with Crippen LogP contribution in [0, 0.1) is 0 Å². The molecule has 3 N–H and O–H groups in total. The number of carbonyl (C=O) groups is 1. The lowest BCUT2D eigenvalue weighted by Crippen LogP contribution is -2.33. The first-order valence-electron chi connectivity index (χ1n) is 4.69. The van der Waals surface area contributed by atoms with Crippen molar-refractivity contribution in [3.8, 4) is 0 Å². The fourth-order valence-corrected chi connectivity index (χ4v) is 1.57. The van der Waals surface area contributed by atoms with Gasteiger partial charge in [0, 0.05) is 12.5 Å². The molecule has 0 saturated heterocycles. The van der Waals surface area contributed by atoms with E-state index < -0.39 is 0 Å². The molecule has 1 atom stereocenters. The van der Waals surface area contributed by atoms with Crippen LogP contribution in [0.3, 0.4) is 0 Å². The van der Waals surface area contributed by atoms with E-state index in [4.69, 9.17) is 5.73 Å². The van der Waals surface area contributed by atoms with Crippen molar-refractivity contribution in [1.29, 1.82) is 0 Å². The molecule has 0 aliphatic rings. The summed E-state index contributed by atoms with van der Waals surface area (Å²) in [4.78, 5) is 11.2. The number of thioether (sulfide) groups is 1. The van der Waals surface area contributed by atoms with Crippen molar-refractivity contribution in [3.63, 3.8) is 0 Å². The number of hydrogen-bond donors (Lipinski definition) is 2. The highest BCUT2D eigenvalue weighted by Crippen LogP contribution is 2.00. The van der Waals surface area contributed by atoms with Crippen LogP contribution in [0.15, 0.2) is 0 Å². The van der Waals surface area contributed by atoms with Gasteiger partial charge in [-0.3, -0.25) is 4.79 Å². The summed E-state index contributed by atoms with van der Waals surface area (Å²) in [7, 11) is 0. The Labute approximate surface area is 84.8 Å². The predicted molar refractivity (Wildman–Crippen MR) is 58.9 cm³/mol. The molecule has 78 valence electrons. The lowest BCUT2D eigenvalue weighted by atomic mass is 10.2. The maximum atomic E-state index is 11.2. The topological polar surface area (TPSA) is 55.1 Å². The van der Waals surface area contributed by atoms with Crippen LogP contribution >= 0.6 is 11.8 Å². The Hall–Kier alpha value is -0.220. The summed E-state index contributed by atoms with van der Waals surface area (Å²) in [6, 6.07) is 0.290. The van der Waals surface area contributed by atoms with Crippen LogP contribution in [0.25, 0.3) is 0 Å². The first-order chi connectivity index (χ1) is 6.20. The van der Waals surface area contributed by atoms with Crippen molar-refractivity contribution in [3.05, 3.63) is 0 Å². The molecule has 0 aromatic rings. The molecule has 1 amide bonds. The van der Waals surface area contributed by atoms with Crippen molar-refractivity contribution in [2.45, 2.75) is 32.2 Å². The van der Waals surface area contributed by atoms with Crippen molar-refractivity contribution < 1.29 is 4.79 Å². The molecule has 0 rings (SSSR count). The number of amides is 1. The van der Waals surface area contributed by atoms with E-state index in [1.54, 1.807) is 11.8 Å². The van der Waals surface area contributed by atoms with Crippen molar-refractivity contribution in [2.24, 2.45) is 5.73 Å². The van der Waals surface area contributed by atoms with E-state index in [0.29, 0.717) is 13.0 Å². The summed E-state index contributed by atoms with van der Waals surface area (Å²) in [5, 5.41) is 2.94. The van der Waals surface area contributed by atoms with Gasteiger partial charge in [-0.2, -0.15) is 11.8 Å². The summed E-state index contributed by atoms with van der Waals surface area (Å²) >= 11 is 1.80. The van der Waals surface area contributed by atoms with Crippen molar-refractivity contribution in [2.75, 3.05) is 18.6 Å². The average molecular weight is 204 g/mol. The number of hydrogen-bond acceptors (Lipinski definition) is 3. The van der Waals surface area contributed by atoms with Gasteiger partial charge in [0.1, 0.15) is 0 Å². The highest BCUT2D eigenvalue weighted by atomic mass is 32.2. The summed E-state index contributed by atoms with van der Waals surface area (Å²) in [6.45, 7) is 2.63. The third kappa shape index (κ3) is 8.12. The molecule has 4 heteroatoms. The third-order valence-electron chi connectivity index (χ3n) is 1.77. The van der Waals surface area contributed by atoms with Gasteiger partial charge in [-0.15, -0.1) is 0 Å². The number of carbonyl (C=O) groups excluding carboxylic acids is 1. The molecule has 1 unspecified atom stereocenters. The van der Waals surface area contributed by atoms with Gasteiger partial charge in [0.2, 0.25) is 5.91 Å². The summed E-state index contributed by atoms with van der Waals surface area (Å²) in [6.07, 6.45) is 4.44. The monoisotopic (exact) mass is 204 g/mol. The summed E-state index contributed by atoms with van der Waals surface area (Å²) in [5.41, 5.74) is 5.30. The molecule has 13 heavy (non-hydrogen) atoms. The SMILES string of the molecule is CSCCC(C)NC(=O)CCCN. The standard InChI is InChI=1S/C9H20N2OS/c1-8(5-7-13-2)11-9(12)4-3-6-10/h8H,3-7,10H2,1-2H3,(H,11,12). The van der Waals surface area contributed by atoms with Gasteiger partial charge in [0.25, 0.3) is 0 Å². The van der Waals surface area contributed by atoms with Gasteiger partial charge in [0.05, 0.1) is 0 Å². The highest BCUT2D eigenvalue weighted by molar-refractivity contribution is 7.98. The Kier molecular flexibility index (Phi) is 8.24. The second-order valence-electron chi connectivity index (χ2n) is 3.14. The van der Waals surface area contributed by atoms with Gasteiger partial charge in [-0.1, -0.05) is 0 Å². The summed E-state index contributed by atoms with van der Waals surface area (Å²) in [5.74, 6) is 1.22. The predicted octanol–water partition coefficient (Wildman–Crippen LogP) is 0.983. The molecule has 0 bridgehead atoms. The van der Waals surface area contributed by atoms with E-state index in [1.807, 2.05) is 6.92 Å². The smallest absolute Gasteiger partial charge is 0.220 e. The molecule has 0 radical (unpaired) electrons. The molecule has 0 heterocycles. The van der Waals surface area contributed by atoms with Crippen LogP contribution in [0.5, 0.6) is 0 Å². The van der Waals surface area contributed by atoms with Gasteiger partial charge in [0.15, 0.2) is 0 Å². The quantitative estimate of drug-likeness (QED) is 0.650. The Morgan fingerprint density at radius 2 is 2.31 bits per heavy atom. The molecular weight excluding hydrogens is 184 g/mol. The molecule has 0 aliphatic carbocycles. The Morgan fingerprint density at radius 1 is 1.62 bits per heavy atom. The Bertz CT molecular complexity index is 142. The third-order valence-corrected chi connectivity index (χ3v) is 2.41. The first-order valence-corrected chi connectivity index (χ1v) is 6.08. The van der Waals surface area contributed by atoms with Crippen LogP contribution in [0.2, 0.25) is 0 Å². The molecule has 3 nitrogen and oxygen atoms in total. The minimum atomic E-state index is 0.124. The second kappa shape index (κ2) is 8.38. The van der Waals surface area contributed by atoms with E-state index >= 15 is 0 Å². The van der Waals surface area contributed by atoms with Crippen molar-refractivity contribution in [1.82, 2.24) is 5.32 Å². The second-order valence-corrected chi connectivity index (χ2v) is 4.13. The van der Waals surface area contributed by atoms with Crippen LogP contribution in [-0.2, 0) is 4.79 Å². The highest BCUT2D eigenvalue weighted by Gasteiger charge is 2.05. The van der Waals surface area contributed by atoms with E-state index in [9.17, 15) is 4.79 Å². The Morgan fingerprint density at radius 3 is 2.85 bits per heavy atom. The minimum Gasteiger partial charge on any atom is -0.354 e. The molecule has 0 fully saturated rings. The molecule has 0 aromatic carbocycles. The lowest BCUT2D eigenvalue weighted by Gasteiger charge is -2.12. The number of rotatable bonds is 7. The first kappa shape index (κ1) is 12.8. The number of nitrogens with two attached hydrogens (primary N) is 1. The molecule has 0 spiro atoms. The van der Waals surface area contributed by atoms with Gasteiger partial charge in [-0.25, -0.2) is 0 Å². The van der Waals surface area contributed by atoms with Crippen LogP contribution < -0.4 is 11.1 Å². The maximum Gasteiger partial charge on any atom is 0.220 e. The molecule has 0 saturated carbocycles. The van der Waals surface area contributed by atoms with E-state index in [0.717, 1.165) is 18.6 Å². The van der Waals surface area contributed by atoms with E-state index in [2.05, 4.69) is 11.6 Å². The van der Waals surface area contributed by atoms with Crippen molar-refractivity contribution >= 4 is 17.7 Å².